The normalized spacial score (nSPS) is 22.4. The maximum atomic E-state index is 11.7. The molecule has 0 fully saturated rings. The molecule has 1 aliphatic heterocycles. The first-order chi connectivity index (χ1) is 7.92. The molecule has 1 aliphatic rings. The fourth-order valence-corrected chi connectivity index (χ4v) is 1.88. The first-order valence-electron chi connectivity index (χ1n) is 5.41. The molecule has 2 N–H and O–H groups in total. The van der Waals surface area contributed by atoms with Crippen LogP contribution in [-0.4, -0.2) is 10.9 Å². The zero-order valence-electron chi connectivity index (χ0n) is 9.66. The van der Waals surface area contributed by atoms with Crippen LogP contribution in [0.25, 0.3) is 0 Å². The molecule has 1 heterocycles. The Morgan fingerprint density at radius 1 is 1.59 bits per heavy atom. The van der Waals surface area contributed by atoms with Crippen molar-refractivity contribution in [2.45, 2.75) is 26.1 Å². The van der Waals surface area contributed by atoms with Crippen molar-refractivity contribution < 1.29 is 14.7 Å². The van der Waals surface area contributed by atoms with Crippen LogP contribution in [0.1, 0.15) is 25.8 Å². The highest BCUT2D eigenvalue weighted by Crippen LogP contribution is 2.40. The number of carbonyl (C=O) groups excluding carboxylic acids is 1. The van der Waals surface area contributed by atoms with Gasteiger partial charge in [-0.1, -0.05) is 25.4 Å². The predicted molar refractivity (Wildman–Crippen MR) is 64.5 cm³/mol. The van der Waals surface area contributed by atoms with Crippen molar-refractivity contribution in [3.8, 4) is 0 Å². The van der Waals surface area contributed by atoms with E-state index >= 15 is 0 Å². The highest BCUT2D eigenvalue weighted by atomic mass is 35.5. The Labute approximate surface area is 104 Å². The van der Waals surface area contributed by atoms with Gasteiger partial charge in [0.25, 0.3) is 0 Å². The number of hydrogen-bond acceptors (Lipinski definition) is 4. The Hall–Kier alpha value is -1.10. The van der Waals surface area contributed by atoms with Crippen molar-refractivity contribution in [3.05, 3.63) is 28.8 Å². The lowest BCUT2D eigenvalue weighted by molar-refractivity contribution is -0.189. The van der Waals surface area contributed by atoms with Crippen molar-refractivity contribution >= 4 is 23.1 Å². The second kappa shape index (κ2) is 4.29. The lowest BCUT2D eigenvalue weighted by Gasteiger charge is -2.21. The molecule has 0 saturated heterocycles. The Kier molecular flexibility index (Phi) is 3.12. The molecular weight excluding hydrogens is 242 g/mol. The predicted octanol–water partition coefficient (Wildman–Crippen LogP) is 2.46. The van der Waals surface area contributed by atoms with Crippen LogP contribution >= 0.6 is 11.6 Å². The van der Waals surface area contributed by atoms with Gasteiger partial charge in [0.2, 0.25) is 5.79 Å². The van der Waals surface area contributed by atoms with Crippen LogP contribution in [0.5, 0.6) is 0 Å². The first kappa shape index (κ1) is 12.4. The number of carbonyl (C=O) groups is 1. The number of hydrogen-bond donors (Lipinski definition) is 2. The van der Waals surface area contributed by atoms with Crippen molar-refractivity contribution in [2.24, 2.45) is 5.92 Å². The third-order valence-electron chi connectivity index (χ3n) is 2.79. The van der Waals surface area contributed by atoms with Gasteiger partial charge in [0.15, 0.2) is 0 Å². The van der Waals surface area contributed by atoms with Gasteiger partial charge in [-0.3, -0.25) is 10.3 Å². The monoisotopic (exact) mass is 255 g/mol. The first-order valence-corrected chi connectivity index (χ1v) is 5.79. The standard InChI is InChI=1S/C12H14ClNO3/c1-7(2)11(15)6-12(16)9-4-3-8(13)5-10(9)14-17-12/h3-5,7,14,16H,6H2,1-2H3. The molecule has 0 spiro atoms. The molecule has 1 aromatic rings. The number of rotatable bonds is 3. The fourth-order valence-electron chi connectivity index (χ4n) is 1.71. The van der Waals surface area contributed by atoms with E-state index < -0.39 is 5.79 Å². The van der Waals surface area contributed by atoms with Gasteiger partial charge < -0.3 is 5.11 Å². The molecule has 0 saturated carbocycles. The fraction of sp³-hybridized carbons (Fsp3) is 0.417. The summed E-state index contributed by atoms with van der Waals surface area (Å²) in [6.45, 7) is 3.58. The molecule has 2 rings (SSSR count). The molecule has 4 nitrogen and oxygen atoms in total. The second-order valence-corrected chi connectivity index (χ2v) is 4.91. The maximum absolute atomic E-state index is 11.7. The van der Waals surface area contributed by atoms with Gasteiger partial charge in [-0.15, -0.1) is 0 Å². The van der Waals surface area contributed by atoms with E-state index in [1.54, 1.807) is 32.0 Å². The summed E-state index contributed by atoms with van der Waals surface area (Å²) < 4.78 is 0. The number of Topliss-reactive ketones (excluding diaryl/α,β-unsaturated/α-hetero) is 1. The number of ketones is 1. The largest absolute Gasteiger partial charge is 0.360 e. The molecule has 1 unspecified atom stereocenters. The summed E-state index contributed by atoms with van der Waals surface area (Å²) in [5.41, 5.74) is 3.72. The number of nitrogens with one attached hydrogen (secondary N) is 1. The summed E-state index contributed by atoms with van der Waals surface area (Å²) in [4.78, 5) is 16.8. The highest BCUT2D eigenvalue weighted by Gasteiger charge is 2.41. The van der Waals surface area contributed by atoms with Gasteiger partial charge in [-0.2, -0.15) is 0 Å². The lowest BCUT2D eigenvalue weighted by atomic mass is 9.95. The van der Waals surface area contributed by atoms with Crippen LogP contribution in [0.2, 0.25) is 5.02 Å². The van der Waals surface area contributed by atoms with Gasteiger partial charge in [0.1, 0.15) is 5.78 Å². The number of halogens is 1. The molecular formula is C12H14ClNO3. The third-order valence-corrected chi connectivity index (χ3v) is 3.03. The molecule has 5 heteroatoms. The number of anilines is 1. The van der Waals surface area contributed by atoms with E-state index in [9.17, 15) is 9.90 Å². The Morgan fingerprint density at radius 3 is 2.94 bits per heavy atom. The van der Waals surface area contributed by atoms with E-state index in [2.05, 4.69) is 5.48 Å². The van der Waals surface area contributed by atoms with E-state index in [0.29, 0.717) is 16.3 Å². The van der Waals surface area contributed by atoms with Gasteiger partial charge in [0.05, 0.1) is 12.1 Å². The van der Waals surface area contributed by atoms with Crippen LogP contribution in [0, 0.1) is 5.92 Å². The second-order valence-electron chi connectivity index (χ2n) is 4.48. The molecule has 0 aromatic heterocycles. The van der Waals surface area contributed by atoms with Gasteiger partial charge in [-0.25, -0.2) is 4.84 Å². The molecule has 0 amide bonds. The average molecular weight is 256 g/mol. The average Bonchev–Trinajstić information content (AvgIpc) is 2.55. The minimum absolute atomic E-state index is 0.0582. The molecule has 1 aromatic carbocycles. The van der Waals surface area contributed by atoms with E-state index in [4.69, 9.17) is 16.4 Å². The van der Waals surface area contributed by atoms with E-state index in [1.165, 1.54) is 0 Å². The Morgan fingerprint density at radius 2 is 2.29 bits per heavy atom. The lowest BCUT2D eigenvalue weighted by Crippen LogP contribution is -2.30. The SMILES string of the molecule is CC(C)C(=O)CC1(O)ONc2cc(Cl)ccc21. The number of aliphatic hydroxyl groups is 1. The summed E-state index contributed by atoms with van der Waals surface area (Å²) in [7, 11) is 0. The summed E-state index contributed by atoms with van der Waals surface area (Å²) >= 11 is 5.83. The van der Waals surface area contributed by atoms with Crippen molar-refractivity contribution in [3.63, 3.8) is 0 Å². The Bertz CT molecular complexity index is 461. The minimum Gasteiger partial charge on any atom is -0.360 e. The highest BCUT2D eigenvalue weighted by molar-refractivity contribution is 6.30. The number of fused-ring (bicyclic) bond motifs is 1. The van der Waals surface area contributed by atoms with Crippen molar-refractivity contribution in [1.82, 2.24) is 0 Å². The molecule has 92 valence electrons. The van der Waals surface area contributed by atoms with Crippen LogP contribution in [-0.2, 0) is 15.4 Å². The molecule has 0 aliphatic carbocycles. The zero-order valence-corrected chi connectivity index (χ0v) is 10.4. The zero-order chi connectivity index (χ0) is 12.6. The van der Waals surface area contributed by atoms with Crippen LogP contribution in [0.3, 0.4) is 0 Å². The third kappa shape index (κ3) is 2.29. The summed E-state index contributed by atoms with van der Waals surface area (Å²) in [5, 5.41) is 10.8. The van der Waals surface area contributed by atoms with Crippen molar-refractivity contribution in [2.75, 3.05) is 5.48 Å². The van der Waals surface area contributed by atoms with Crippen LogP contribution in [0.15, 0.2) is 18.2 Å². The summed E-state index contributed by atoms with van der Waals surface area (Å²) in [5.74, 6) is -1.79. The van der Waals surface area contributed by atoms with Gasteiger partial charge >= 0.3 is 0 Å². The molecule has 0 radical (unpaired) electrons. The minimum atomic E-state index is -1.60. The molecule has 0 bridgehead atoms. The summed E-state index contributed by atoms with van der Waals surface area (Å²) in [6, 6.07) is 4.96. The summed E-state index contributed by atoms with van der Waals surface area (Å²) in [6.07, 6.45) is -0.0771. The van der Waals surface area contributed by atoms with Crippen LogP contribution < -0.4 is 5.48 Å². The van der Waals surface area contributed by atoms with Gasteiger partial charge in [0, 0.05) is 16.5 Å². The van der Waals surface area contributed by atoms with E-state index in [0.717, 1.165) is 0 Å². The van der Waals surface area contributed by atoms with Crippen molar-refractivity contribution in [1.29, 1.82) is 0 Å². The number of benzene rings is 1. The quantitative estimate of drug-likeness (QED) is 0.871. The smallest absolute Gasteiger partial charge is 0.226 e. The molecule has 17 heavy (non-hydrogen) atoms. The van der Waals surface area contributed by atoms with Gasteiger partial charge in [-0.05, 0) is 18.2 Å². The maximum Gasteiger partial charge on any atom is 0.226 e. The van der Waals surface area contributed by atoms with E-state index in [1.807, 2.05) is 0 Å². The van der Waals surface area contributed by atoms with E-state index in [-0.39, 0.29) is 18.1 Å². The topological polar surface area (TPSA) is 58.6 Å². The Balaban J connectivity index is 2.28. The molecule has 1 atom stereocenters. The van der Waals surface area contributed by atoms with Crippen LogP contribution in [0.4, 0.5) is 5.69 Å².